The van der Waals surface area contributed by atoms with E-state index in [-0.39, 0.29) is 25.6 Å². The van der Waals surface area contributed by atoms with E-state index in [2.05, 4.69) is 27.7 Å². The molecule has 1 atom stereocenters. The van der Waals surface area contributed by atoms with Gasteiger partial charge in [-0.3, -0.25) is 4.79 Å². The maximum absolute atomic E-state index is 12.2. The molecule has 0 spiro atoms. The van der Waals surface area contributed by atoms with Gasteiger partial charge in [-0.05, 0) is 44.9 Å². The van der Waals surface area contributed by atoms with Gasteiger partial charge in [0.2, 0.25) is 0 Å². The van der Waals surface area contributed by atoms with Crippen LogP contribution in [0.15, 0.2) is 11.6 Å². The number of allylic oxidation sites excluding steroid dienone is 1. The summed E-state index contributed by atoms with van der Waals surface area (Å²) in [5, 5.41) is 9.73. The summed E-state index contributed by atoms with van der Waals surface area (Å²) in [6.45, 7) is 13.5. The van der Waals surface area contributed by atoms with Gasteiger partial charge in [0.1, 0.15) is 6.61 Å². The van der Waals surface area contributed by atoms with E-state index in [1.54, 1.807) is 20.8 Å². The number of aliphatic hydroxyl groups is 1. The van der Waals surface area contributed by atoms with Crippen molar-refractivity contribution in [3.8, 4) is 0 Å². The Morgan fingerprint density at radius 3 is 2.28 bits per heavy atom. The Hall–Kier alpha value is -1.36. The van der Waals surface area contributed by atoms with Crippen LogP contribution < -0.4 is 0 Å². The van der Waals surface area contributed by atoms with E-state index in [4.69, 9.17) is 9.47 Å². The van der Waals surface area contributed by atoms with Crippen LogP contribution in [0.5, 0.6) is 0 Å². The Morgan fingerprint density at radius 2 is 1.84 bits per heavy atom. The van der Waals surface area contributed by atoms with Gasteiger partial charge in [-0.25, -0.2) is 4.79 Å². The van der Waals surface area contributed by atoms with Crippen molar-refractivity contribution < 1.29 is 24.2 Å². The lowest BCUT2D eigenvalue weighted by Gasteiger charge is -2.26. The van der Waals surface area contributed by atoms with Gasteiger partial charge in [0.25, 0.3) is 0 Å². The minimum absolute atomic E-state index is 0.125. The van der Waals surface area contributed by atoms with Crippen LogP contribution in [0, 0.1) is 23.2 Å². The monoisotopic (exact) mass is 354 g/mol. The topological polar surface area (TPSA) is 72.8 Å². The number of aliphatic hydroxyl groups excluding tert-OH is 1. The molecule has 0 amide bonds. The number of hydrogen-bond acceptors (Lipinski definition) is 5. The molecule has 1 rings (SSSR count). The maximum atomic E-state index is 12.2. The Kier molecular flexibility index (Phi) is 7.24. The molecule has 1 saturated heterocycles. The van der Waals surface area contributed by atoms with Crippen molar-refractivity contribution in [2.24, 2.45) is 23.2 Å². The minimum atomic E-state index is -1.16. The second kappa shape index (κ2) is 8.35. The third-order valence-electron chi connectivity index (χ3n) is 4.80. The average Bonchev–Trinajstić information content (AvgIpc) is 2.80. The molecule has 1 fully saturated rings. The summed E-state index contributed by atoms with van der Waals surface area (Å²) in [5.74, 6) is 0.706. The van der Waals surface area contributed by atoms with Crippen LogP contribution in [-0.4, -0.2) is 35.9 Å². The highest BCUT2D eigenvalue weighted by Crippen LogP contribution is 2.33. The highest BCUT2D eigenvalue weighted by molar-refractivity contribution is 5.91. The van der Waals surface area contributed by atoms with E-state index in [0.717, 1.165) is 6.42 Å². The first kappa shape index (κ1) is 21.7. The molecule has 1 aliphatic rings. The van der Waals surface area contributed by atoms with Crippen molar-refractivity contribution in [2.45, 2.75) is 66.9 Å². The second-order valence-corrected chi connectivity index (χ2v) is 8.85. The minimum Gasteiger partial charge on any atom is -0.461 e. The van der Waals surface area contributed by atoms with E-state index < -0.39 is 17.0 Å². The first-order chi connectivity index (χ1) is 11.4. The molecule has 1 aliphatic heterocycles. The molecule has 1 N–H and O–H groups in total. The van der Waals surface area contributed by atoms with Crippen molar-refractivity contribution in [1.82, 2.24) is 0 Å². The first-order valence-corrected chi connectivity index (χ1v) is 9.12. The summed E-state index contributed by atoms with van der Waals surface area (Å²) in [6.07, 6.45) is 2.99. The molecule has 0 aromatic carbocycles. The molecule has 5 heteroatoms. The highest BCUT2D eigenvalue weighted by Gasteiger charge is 2.45. The molecule has 0 aromatic heterocycles. The molecule has 1 unspecified atom stereocenters. The normalized spacial score (nSPS) is 23.0. The molecular formula is C20H34O5. The van der Waals surface area contributed by atoms with Gasteiger partial charge in [-0.1, -0.05) is 33.8 Å². The zero-order chi connectivity index (χ0) is 19.4. The van der Waals surface area contributed by atoms with Crippen LogP contribution in [0.3, 0.4) is 0 Å². The molecule has 5 nitrogen and oxygen atoms in total. The standard InChI is InChI=1S/C20H34O5/c1-13(2)16(14(3)4)9-8-15-10-20(11-21,25-17(15)22)12-24-18(23)19(5,6)7/h8,13-14,16,21H,9-12H2,1-7H3. The number of carbonyl (C=O) groups excluding carboxylic acids is 2. The molecule has 144 valence electrons. The average molecular weight is 354 g/mol. The summed E-state index contributed by atoms with van der Waals surface area (Å²) in [7, 11) is 0. The van der Waals surface area contributed by atoms with Gasteiger partial charge in [0.05, 0.1) is 12.0 Å². The van der Waals surface area contributed by atoms with Crippen LogP contribution in [-0.2, 0) is 19.1 Å². The van der Waals surface area contributed by atoms with Gasteiger partial charge >= 0.3 is 11.9 Å². The fourth-order valence-corrected chi connectivity index (χ4v) is 3.09. The lowest BCUT2D eigenvalue weighted by Crippen LogP contribution is -2.40. The third-order valence-corrected chi connectivity index (χ3v) is 4.80. The predicted octanol–water partition coefficient (Wildman–Crippen LogP) is 3.50. The van der Waals surface area contributed by atoms with Crippen LogP contribution in [0.4, 0.5) is 0 Å². The molecule has 0 radical (unpaired) electrons. The Labute approximate surface area is 151 Å². The van der Waals surface area contributed by atoms with Crippen LogP contribution in [0.2, 0.25) is 0 Å². The van der Waals surface area contributed by atoms with Gasteiger partial charge in [0, 0.05) is 12.0 Å². The lowest BCUT2D eigenvalue weighted by atomic mass is 9.82. The quantitative estimate of drug-likeness (QED) is 0.559. The van der Waals surface area contributed by atoms with E-state index in [9.17, 15) is 14.7 Å². The van der Waals surface area contributed by atoms with Crippen LogP contribution in [0.25, 0.3) is 0 Å². The fraction of sp³-hybridized carbons (Fsp3) is 0.800. The molecule has 1 heterocycles. The zero-order valence-electron chi connectivity index (χ0n) is 16.7. The van der Waals surface area contributed by atoms with Crippen molar-refractivity contribution in [1.29, 1.82) is 0 Å². The fourth-order valence-electron chi connectivity index (χ4n) is 3.09. The molecular weight excluding hydrogens is 320 g/mol. The van der Waals surface area contributed by atoms with E-state index >= 15 is 0 Å². The molecule has 25 heavy (non-hydrogen) atoms. The number of hydrogen-bond donors (Lipinski definition) is 1. The number of ether oxygens (including phenoxy) is 2. The van der Waals surface area contributed by atoms with Crippen molar-refractivity contribution in [2.75, 3.05) is 13.2 Å². The van der Waals surface area contributed by atoms with E-state index in [0.29, 0.717) is 23.3 Å². The number of rotatable bonds is 7. The summed E-state index contributed by atoms with van der Waals surface area (Å²) < 4.78 is 10.7. The largest absolute Gasteiger partial charge is 0.461 e. The number of esters is 2. The smallest absolute Gasteiger partial charge is 0.334 e. The summed E-state index contributed by atoms with van der Waals surface area (Å²) >= 11 is 0. The summed E-state index contributed by atoms with van der Waals surface area (Å²) in [5.41, 5.74) is -1.23. The Balaban J connectivity index is 2.80. The Bertz CT molecular complexity index is 505. The van der Waals surface area contributed by atoms with Crippen LogP contribution >= 0.6 is 0 Å². The van der Waals surface area contributed by atoms with Crippen molar-refractivity contribution in [3.63, 3.8) is 0 Å². The predicted molar refractivity (Wildman–Crippen MR) is 96.8 cm³/mol. The van der Waals surface area contributed by atoms with Gasteiger partial charge < -0.3 is 14.6 Å². The van der Waals surface area contributed by atoms with Crippen LogP contribution in [0.1, 0.15) is 61.3 Å². The third kappa shape index (κ3) is 5.84. The zero-order valence-corrected chi connectivity index (χ0v) is 16.7. The Morgan fingerprint density at radius 1 is 1.28 bits per heavy atom. The molecule has 0 aliphatic carbocycles. The van der Waals surface area contributed by atoms with E-state index in [1.807, 2.05) is 6.08 Å². The molecule has 0 saturated carbocycles. The molecule has 0 aromatic rings. The summed E-state index contributed by atoms with van der Waals surface area (Å²) in [6, 6.07) is 0. The van der Waals surface area contributed by atoms with E-state index in [1.165, 1.54) is 0 Å². The molecule has 0 bridgehead atoms. The van der Waals surface area contributed by atoms with Gasteiger partial charge in [-0.2, -0.15) is 0 Å². The summed E-state index contributed by atoms with van der Waals surface area (Å²) in [4.78, 5) is 24.1. The van der Waals surface area contributed by atoms with Crippen molar-refractivity contribution in [3.05, 3.63) is 11.6 Å². The second-order valence-electron chi connectivity index (χ2n) is 8.85. The van der Waals surface area contributed by atoms with Crippen molar-refractivity contribution >= 4 is 11.9 Å². The lowest BCUT2D eigenvalue weighted by molar-refractivity contribution is -0.171. The number of cyclic esters (lactones) is 1. The van der Waals surface area contributed by atoms with Gasteiger partial charge in [-0.15, -0.1) is 0 Å². The number of carbonyl (C=O) groups is 2. The maximum Gasteiger partial charge on any atom is 0.334 e. The SMILES string of the molecule is CC(C)C(CC=C1CC(CO)(COC(=O)C(C)(C)C)OC1=O)C(C)C. The van der Waals surface area contributed by atoms with Gasteiger partial charge in [0.15, 0.2) is 5.60 Å². The highest BCUT2D eigenvalue weighted by atomic mass is 16.6. The first-order valence-electron chi connectivity index (χ1n) is 9.12.